The average molecular weight is 279 g/mol. The third-order valence-corrected chi connectivity index (χ3v) is 3.45. The molecule has 2 aromatic rings. The van der Waals surface area contributed by atoms with E-state index in [9.17, 15) is 0 Å². The highest BCUT2D eigenvalue weighted by Gasteiger charge is 2.05. The SMILES string of the molecule is OCC#Cc1ccsc1COc1ccccc1Cl. The molecular weight excluding hydrogens is 268 g/mol. The Morgan fingerprint density at radius 1 is 1.28 bits per heavy atom. The van der Waals surface area contributed by atoms with Gasteiger partial charge >= 0.3 is 0 Å². The molecule has 2 rings (SSSR count). The summed E-state index contributed by atoms with van der Waals surface area (Å²) in [5, 5.41) is 11.2. The minimum Gasteiger partial charge on any atom is -0.486 e. The summed E-state index contributed by atoms with van der Waals surface area (Å²) in [6.45, 7) is 0.289. The molecule has 0 bridgehead atoms. The minimum atomic E-state index is -0.138. The minimum absolute atomic E-state index is 0.138. The smallest absolute Gasteiger partial charge is 0.138 e. The molecule has 0 radical (unpaired) electrons. The second-order valence-electron chi connectivity index (χ2n) is 3.44. The molecule has 4 heteroatoms. The van der Waals surface area contributed by atoms with Crippen molar-refractivity contribution >= 4 is 22.9 Å². The van der Waals surface area contributed by atoms with Crippen LogP contribution in [0.4, 0.5) is 0 Å². The lowest BCUT2D eigenvalue weighted by atomic mass is 10.2. The monoisotopic (exact) mass is 278 g/mol. The lowest BCUT2D eigenvalue weighted by Crippen LogP contribution is -1.95. The van der Waals surface area contributed by atoms with Crippen LogP contribution in [0.1, 0.15) is 10.4 Å². The van der Waals surface area contributed by atoms with Crippen LogP contribution >= 0.6 is 22.9 Å². The molecule has 0 aliphatic heterocycles. The summed E-state index contributed by atoms with van der Waals surface area (Å²) in [6.07, 6.45) is 0. The van der Waals surface area contributed by atoms with Gasteiger partial charge in [-0.25, -0.2) is 0 Å². The molecule has 0 aliphatic carbocycles. The van der Waals surface area contributed by atoms with Gasteiger partial charge < -0.3 is 9.84 Å². The van der Waals surface area contributed by atoms with Crippen molar-refractivity contribution in [1.29, 1.82) is 0 Å². The number of aliphatic hydroxyl groups excluding tert-OH is 1. The van der Waals surface area contributed by atoms with E-state index in [-0.39, 0.29) is 6.61 Å². The fourth-order valence-electron chi connectivity index (χ4n) is 1.40. The molecule has 18 heavy (non-hydrogen) atoms. The lowest BCUT2D eigenvalue weighted by Gasteiger charge is -2.06. The summed E-state index contributed by atoms with van der Waals surface area (Å²) >= 11 is 7.58. The van der Waals surface area contributed by atoms with Crippen LogP contribution in [0.5, 0.6) is 5.75 Å². The van der Waals surface area contributed by atoms with Crippen LogP contribution in [-0.4, -0.2) is 11.7 Å². The van der Waals surface area contributed by atoms with Crippen molar-refractivity contribution in [1.82, 2.24) is 0 Å². The zero-order valence-electron chi connectivity index (χ0n) is 9.52. The van der Waals surface area contributed by atoms with E-state index in [2.05, 4.69) is 11.8 Å². The lowest BCUT2D eigenvalue weighted by molar-refractivity contribution is 0.310. The Labute approximate surface area is 115 Å². The van der Waals surface area contributed by atoms with E-state index >= 15 is 0 Å². The number of para-hydroxylation sites is 1. The van der Waals surface area contributed by atoms with Crippen LogP contribution in [0, 0.1) is 11.8 Å². The highest BCUT2D eigenvalue weighted by molar-refractivity contribution is 7.10. The highest BCUT2D eigenvalue weighted by atomic mass is 35.5. The van der Waals surface area contributed by atoms with Crippen molar-refractivity contribution < 1.29 is 9.84 Å². The predicted octanol–water partition coefficient (Wildman–Crippen LogP) is 3.32. The quantitative estimate of drug-likeness (QED) is 0.873. The number of thiophene rings is 1. The van der Waals surface area contributed by atoms with Crippen LogP contribution in [-0.2, 0) is 6.61 Å². The van der Waals surface area contributed by atoms with Crippen molar-refractivity contribution in [2.45, 2.75) is 6.61 Å². The van der Waals surface area contributed by atoms with E-state index in [4.69, 9.17) is 21.4 Å². The summed E-state index contributed by atoms with van der Waals surface area (Å²) < 4.78 is 5.65. The zero-order chi connectivity index (χ0) is 12.8. The number of benzene rings is 1. The maximum atomic E-state index is 8.68. The Morgan fingerprint density at radius 2 is 2.11 bits per heavy atom. The second kappa shape index (κ2) is 6.46. The third-order valence-electron chi connectivity index (χ3n) is 2.24. The number of hydrogen-bond donors (Lipinski definition) is 1. The van der Waals surface area contributed by atoms with Gasteiger partial charge in [-0.2, -0.15) is 0 Å². The summed E-state index contributed by atoms with van der Waals surface area (Å²) in [7, 11) is 0. The summed E-state index contributed by atoms with van der Waals surface area (Å²) in [5.41, 5.74) is 0.890. The summed E-state index contributed by atoms with van der Waals surface area (Å²) in [6, 6.07) is 9.27. The molecular formula is C14H11ClO2S. The molecule has 0 spiro atoms. The molecule has 1 aromatic heterocycles. The molecule has 1 aromatic carbocycles. The number of rotatable bonds is 3. The van der Waals surface area contributed by atoms with E-state index in [1.165, 1.54) is 0 Å². The summed E-state index contributed by atoms with van der Waals surface area (Å²) in [4.78, 5) is 1.02. The van der Waals surface area contributed by atoms with Crippen LogP contribution in [0.3, 0.4) is 0 Å². The molecule has 1 N–H and O–H groups in total. The molecule has 2 nitrogen and oxygen atoms in total. The van der Waals surface area contributed by atoms with Gasteiger partial charge in [-0.05, 0) is 23.6 Å². The molecule has 0 amide bonds. The van der Waals surface area contributed by atoms with E-state index in [0.717, 1.165) is 10.4 Å². The van der Waals surface area contributed by atoms with Crippen molar-refractivity contribution in [2.75, 3.05) is 6.61 Å². The Balaban J connectivity index is 2.07. The van der Waals surface area contributed by atoms with Crippen molar-refractivity contribution in [3.05, 3.63) is 51.2 Å². The number of aliphatic hydroxyl groups is 1. The van der Waals surface area contributed by atoms with Crippen LogP contribution in [0.2, 0.25) is 5.02 Å². The molecule has 0 aliphatic rings. The first-order chi connectivity index (χ1) is 8.81. The molecule has 0 unspecified atom stereocenters. The molecule has 0 fully saturated rings. The van der Waals surface area contributed by atoms with E-state index < -0.39 is 0 Å². The third kappa shape index (κ3) is 3.27. The molecule has 1 heterocycles. The first kappa shape index (κ1) is 13.0. The Bertz CT molecular complexity index is 581. The number of ether oxygens (including phenoxy) is 1. The fourth-order valence-corrected chi connectivity index (χ4v) is 2.34. The van der Waals surface area contributed by atoms with Gasteiger partial charge in [0.05, 0.1) is 9.90 Å². The van der Waals surface area contributed by atoms with Crippen molar-refractivity contribution in [3.63, 3.8) is 0 Å². The van der Waals surface area contributed by atoms with Gasteiger partial charge in [-0.1, -0.05) is 35.6 Å². The second-order valence-corrected chi connectivity index (χ2v) is 4.84. The average Bonchev–Trinajstić information content (AvgIpc) is 2.83. The maximum absolute atomic E-state index is 8.68. The predicted molar refractivity (Wildman–Crippen MR) is 74.1 cm³/mol. The Hall–Kier alpha value is -1.47. The van der Waals surface area contributed by atoms with Gasteiger partial charge in [0, 0.05) is 5.56 Å². The van der Waals surface area contributed by atoms with Crippen LogP contribution < -0.4 is 4.74 Å². The largest absolute Gasteiger partial charge is 0.486 e. The van der Waals surface area contributed by atoms with Crippen LogP contribution in [0.25, 0.3) is 0 Å². The topological polar surface area (TPSA) is 29.5 Å². The first-order valence-electron chi connectivity index (χ1n) is 5.34. The molecule has 92 valence electrons. The first-order valence-corrected chi connectivity index (χ1v) is 6.60. The van der Waals surface area contributed by atoms with Gasteiger partial charge in [0.1, 0.15) is 19.0 Å². The number of hydrogen-bond acceptors (Lipinski definition) is 3. The van der Waals surface area contributed by atoms with Crippen molar-refractivity contribution in [3.8, 4) is 17.6 Å². The zero-order valence-corrected chi connectivity index (χ0v) is 11.1. The van der Waals surface area contributed by atoms with E-state index in [0.29, 0.717) is 17.4 Å². The molecule has 0 atom stereocenters. The van der Waals surface area contributed by atoms with Crippen LogP contribution in [0.15, 0.2) is 35.7 Å². The normalized spacial score (nSPS) is 9.67. The van der Waals surface area contributed by atoms with Gasteiger partial charge in [0.15, 0.2) is 0 Å². The van der Waals surface area contributed by atoms with E-state index in [1.54, 1.807) is 17.4 Å². The van der Waals surface area contributed by atoms with E-state index in [1.807, 2.05) is 29.6 Å². The maximum Gasteiger partial charge on any atom is 0.138 e. The van der Waals surface area contributed by atoms with Gasteiger partial charge in [0.2, 0.25) is 0 Å². The Morgan fingerprint density at radius 3 is 2.89 bits per heavy atom. The Kier molecular flexibility index (Phi) is 4.66. The summed E-state index contributed by atoms with van der Waals surface area (Å²) in [5.74, 6) is 6.18. The standard InChI is InChI=1S/C14H11ClO2S/c15-12-5-1-2-6-13(12)17-10-14-11(4-3-8-16)7-9-18-14/h1-2,5-7,9,16H,8,10H2. The number of halogens is 1. The molecule has 0 saturated carbocycles. The molecule has 0 saturated heterocycles. The fraction of sp³-hybridized carbons (Fsp3) is 0.143. The van der Waals surface area contributed by atoms with Gasteiger partial charge in [0.25, 0.3) is 0 Å². The van der Waals surface area contributed by atoms with Gasteiger partial charge in [-0.3, -0.25) is 0 Å². The van der Waals surface area contributed by atoms with Crippen molar-refractivity contribution in [2.24, 2.45) is 0 Å². The highest BCUT2D eigenvalue weighted by Crippen LogP contribution is 2.25. The van der Waals surface area contributed by atoms with Gasteiger partial charge in [-0.15, -0.1) is 11.3 Å².